The molecule has 0 bridgehead atoms. The molecule has 4 rings (SSSR count). The van der Waals surface area contributed by atoms with Crippen molar-refractivity contribution in [2.24, 2.45) is 0 Å². The summed E-state index contributed by atoms with van der Waals surface area (Å²) in [4.78, 5) is 24.7. The van der Waals surface area contributed by atoms with Crippen LogP contribution in [0.1, 0.15) is 30.6 Å². The Balaban J connectivity index is 1.66. The van der Waals surface area contributed by atoms with Crippen molar-refractivity contribution < 1.29 is 24.9 Å². The van der Waals surface area contributed by atoms with Crippen LogP contribution >= 0.6 is 0 Å². The van der Waals surface area contributed by atoms with E-state index in [0.717, 1.165) is 0 Å². The lowest BCUT2D eigenvalue weighted by Crippen LogP contribution is -2.42. The number of nitrogens with zero attached hydrogens (tertiary/aromatic N) is 4. The molecule has 0 spiro atoms. The largest absolute Gasteiger partial charge is 0.387 e. The monoisotopic (exact) mass is 438 g/mol. The van der Waals surface area contributed by atoms with Crippen LogP contribution in [0, 0.1) is 11.8 Å². The number of hydrogen-bond donors (Lipinski definition) is 5. The highest BCUT2D eigenvalue weighted by atomic mass is 16.6. The van der Waals surface area contributed by atoms with Gasteiger partial charge in [-0.25, -0.2) is 15.0 Å². The van der Waals surface area contributed by atoms with Crippen LogP contribution in [0.3, 0.4) is 0 Å². The van der Waals surface area contributed by atoms with E-state index >= 15 is 0 Å². The molecule has 1 amide bonds. The molecule has 0 saturated carbocycles. The second-order valence-corrected chi connectivity index (χ2v) is 7.16. The number of likely N-dealkylation sites (N-methyl/N-ethyl adjacent to an activating group) is 1. The van der Waals surface area contributed by atoms with Crippen LogP contribution in [-0.4, -0.2) is 65.6 Å². The first-order chi connectivity index (χ1) is 15.4. The van der Waals surface area contributed by atoms with E-state index < -0.39 is 36.6 Å². The highest BCUT2D eigenvalue weighted by Crippen LogP contribution is 2.32. The first-order valence-electron chi connectivity index (χ1n) is 9.94. The zero-order valence-electron chi connectivity index (χ0n) is 17.1. The number of nitrogens with two attached hydrogens (primary N) is 1. The van der Waals surface area contributed by atoms with Gasteiger partial charge in [-0.3, -0.25) is 9.36 Å². The second-order valence-electron chi connectivity index (χ2n) is 7.16. The molecule has 11 nitrogen and oxygen atoms in total. The Morgan fingerprint density at radius 3 is 2.75 bits per heavy atom. The van der Waals surface area contributed by atoms with Crippen molar-refractivity contribution in [1.82, 2.24) is 24.8 Å². The zero-order valence-corrected chi connectivity index (χ0v) is 17.1. The maximum atomic E-state index is 12.1. The van der Waals surface area contributed by atoms with E-state index in [0.29, 0.717) is 12.1 Å². The molecule has 11 heteroatoms. The average molecular weight is 438 g/mol. The number of carbonyl (C=O) groups excluding carboxylic acids is 1. The fraction of sp³-hybridized carbons (Fsp3) is 0.333. The van der Waals surface area contributed by atoms with Crippen LogP contribution in [0.4, 0.5) is 5.82 Å². The summed E-state index contributed by atoms with van der Waals surface area (Å²) in [7, 11) is 0. The highest BCUT2D eigenvalue weighted by Gasteiger charge is 2.47. The number of rotatable bonds is 4. The van der Waals surface area contributed by atoms with Gasteiger partial charge in [0, 0.05) is 6.54 Å². The van der Waals surface area contributed by atoms with E-state index in [1.807, 2.05) is 6.07 Å². The third kappa shape index (κ3) is 4.00. The Bertz CT molecular complexity index is 1190. The van der Waals surface area contributed by atoms with E-state index in [2.05, 4.69) is 32.1 Å². The van der Waals surface area contributed by atoms with Gasteiger partial charge in [0.1, 0.15) is 23.8 Å². The molecule has 3 aromatic rings. The molecule has 2 aromatic heterocycles. The minimum atomic E-state index is -1.44. The van der Waals surface area contributed by atoms with Crippen molar-refractivity contribution >= 4 is 22.9 Å². The van der Waals surface area contributed by atoms with Gasteiger partial charge < -0.3 is 31.1 Å². The lowest BCUT2D eigenvalue weighted by atomic mass is 10.1. The summed E-state index contributed by atoms with van der Waals surface area (Å²) in [6.07, 6.45) is -4.96. The van der Waals surface area contributed by atoms with Gasteiger partial charge >= 0.3 is 0 Å². The van der Waals surface area contributed by atoms with E-state index in [1.54, 1.807) is 31.2 Å². The Morgan fingerprint density at radius 2 is 2.03 bits per heavy atom. The maximum Gasteiger partial charge on any atom is 0.252 e. The van der Waals surface area contributed by atoms with Crippen molar-refractivity contribution in [1.29, 1.82) is 0 Å². The number of nitrogens with one attached hydrogen (secondary N) is 1. The first-order valence-corrected chi connectivity index (χ1v) is 9.94. The van der Waals surface area contributed by atoms with E-state index in [1.165, 1.54) is 10.9 Å². The fourth-order valence-corrected chi connectivity index (χ4v) is 3.41. The molecule has 3 heterocycles. The maximum absolute atomic E-state index is 12.1. The number of imidazole rings is 1. The SMILES string of the molecule is CCNC(=O)[C@H]1OC(n2cnc3c(N)nc(C#CC(O)c4ccccc4)nc32)[C@@H](O)[C@H]1O. The molecule has 1 saturated heterocycles. The number of aliphatic hydroxyl groups is 3. The third-order valence-corrected chi connectivity index (χ3v) is 5.01. The standard InChI is InChI=1S/C21H22N6O5/c1-2-23-20(31)17-15(29)16(30)21(32-17)27-10-24-14-18(22)25-13(26-19(14)27)9-8-12(28)11-6-4-3-5-7-11/h3-7,10,12,15-17,21,28-30H,2H2,1H3,(H,23,31)(H2,22,25,26)/t12?,15-,16+,17+,21?/m1/s1. The lowest BCUT2D eigenvalue weighted by molar-refractivity contribution is -0.137. The van der Waals surface area contributed by atoms with Gasteiger partial charge in [-0.05, 0) is 18.4 Å². The van der Waals surface area contributed by atoms with Gasteiger partial charge in [-0.1, -0.05) is 36.3 Å². The molecule has 0 radical (unpaired) electrons. The molecule has 5 atom stereocenters. The van der Waals surface area contributed by atoms with Gasteiger partial charge in [0.25, 0.3) is 5.91 Å². The lowest BCUT2D eigenvalue weighted by Gasteiger charge is -2.16. The highest BCUT2D eigenvalue weighted by molar-refractivity contribution is 5.83. The molecule has 166 valence electrons. The smallest absolute Gasteiger partial charge is 0.252 e. The summed E-state index contributed by atoms with van der Waals surface area (Å²) >= 11 is 0. The summed E-state index contributed by atoms with van der Waals surface area (Å²) in [6, 6.07) is 8.88. The number of hydrogen-bond acceptors (Lipinski definition) is 9. The van der Waals surface area contributed by atoms with Crippen LogP contribution in [-0.2, 0) is 9.53 Å². The number of nitrogen functional groups attached to an aromatic ring is 1. The van der Waals surface area contributed by atoms with E-state index in [-0.39, 0.29) is 22.8 Å². The number of aliphatic hydroxyl groups excluding tert-OH is 3. The number of benzene rings is 1. The predicted octanol–water partition coefficient (Wildman–Crippen LogP) is -0.751. The number of ether oxygens (including phenoxy) is 1. The summed E-state index contributed by atoms with van der Waals surface area (Å²) < 4.78 is 6.98. The topological polar surface area (TPSA) is 169 Å². The Labute approximate surface area is 182 Å². The van der Waals surface area contributed by atoms with Gasteiger partial charge in [0.15, 0.2) is 23.8 Å². The molecule has 1 fully saturated rings. The number of aromatic nitrogens is 4. The normalized spacial score (nSPS) is 23.5. The minimum absolute atomic E-state index is 0.0278. The molecule has 1 aliphatic rings. The van der Waals surface area contributed by atoms with Crippen LogP contribution in [0.2, 0.25) is 0 Å². The Kier molecular flexibility index (Phi) is 6.02. The van der Waals surface area contributed by atoms with Crippen molar-refractivity contribution in [2.75, 3.05) is 12.3 Å². The number of amides is 1. The molecular formula is C21H22N6O5. The van der Waals surface area contributed by atoms with E-state index in [4.69, 9.17) is 10.5 Å². The van der Waals surface area contributed by atoms with Gasteiger partial charge in [0.2, 0.25) is 5.82 Å². The quantitative estimate of drug-likeness (QED) is 0.329. The number of carbonyl (C=O) groups is 1. The van der Waals surface area contributed by atoms with Gasteiger partial charge in [-0.15, -0.1) is 0 Å². The summed E-state index contributed by atoms with van der Waals surface area (Å²) in [6.45, 7) is 2.08. The molecule has 6 N–H and O–H groups in total. The third-order valence-electron chi connectivity index (χ3n) is 5.01. The van der Waals surface area contributed by atoms with E-state index in [9.17, 15) is 20.1 Å². The molecular weight excluding hydrogens is 416 g/mol. The van der Waals surface area contributed by atoms with Crippen molar-refractivity contribution in [3.63, 3.8) is 0 Å². The Hall–Kier alpha value is -3.56. The number of fused-ring (bicyclic) bond motifs is 1. The summed E-state index contributed by atoms with van der Waals surface area (Å²) in [5.41, 5.74) is 7.05. The molecule has 1 aromatic carbocycles. The molecule has 32 heavy (non-hydrogen) atoms. The molecule has 1 aliphatic heterocycles. The molecule has 2 unspecified atom stereocenters. The first kappa shape index (κ1) is 21.7. The fourth-order valence-electron chi connectivity index (χ4n) is 3.41. The Morgan fingerprint density at radius 1 is 1.28 bits per heavy atom. The predicted molar refractivity (Wildman–Crippen MR) is 113 cm³/mol. The van der Waals surface area contributed by atoms with Crippen LogP contribution in [0.25, 0.3) is 11.2 Å². The van der Waals surface area contributed by atoms with Crippen LogP contribution < -0.4 is 11.1 Å². The minimum Gasteiger partial charge on any atom is -0.387 e. The summed E-state index contributed by atoms with van der Waals surface area (Å²) in [5, 5.41) is 33.6. The molecule has 0 aliphatic carbocycles. The second kappa shape index (κ2) is 8.89. The van der Waals surface area contributed by atoms with Crippen molar-refractivity contribution in [2.45, 2.75) is 37.6 Å². The number of anilines is 1. The van der Waals surface area contributed by atoms with Crippen molar-refractivity contribution in [3.05, 3.63) is 48.0 Å². The average Bonchev–Trinajstić information content (AvgIpc) is 3.34. The van der Waals surface area contributed by atoms with Gasteiger partial charge in [-0.2, -0.15) is 0 Å². The van der Waals surface area contributed by atoms with Crippen molar-refractivity contribution in [3.8, 4) is 11.8 Å². The summed E-state index contributed by atoms with van der Waals surface area (Å²) in [5.74, 6) is 4.88. The van der Waals surface area contributed by atoms with Crippen LogP contribution in [0.15, 0.2) is 36.7 Å². The van der Waals surface area contributed by atoms with Gasteiger partial charge in [0.05, 0.1) is 6.33 Å². The van der Waals surface area contributed by atoms with Crippen LogP contribution in [0.5, 0.6) is 0 Å². The zero-order chi connectivity index (χ0) is 22.8.